The second-order valence-corrected chi connectivity index (χ2v) is 8.53. The average Bonchev–Trinajstić information content (AvgIpc) is 2.85. The summed E-state index contributed by atoms with van der Waals surface area (Å²) in [4.78, 5) is 23.9. The molecule has 0 spiro atoms. The van der Waals surface area contributed by atoms with Crippen molar-refractivity contribution in [3.8, 4) is 39.5 Å². The minimum absolute atomic E-state index is 0.0966. The van der Waals surface area contributed by atoms with Crippen molar-refractivity contribution in [2.45, 2.75) is 20.8 Å². The molecular weight excluding hydrogens is 471 g/mol. The van der Waals surface area contributed by atoms with Crippen LogP contribution in [-0.4, -0.2) is 11.9 Å². The van der Waals surface area contributed by atoms with Crippen LogP contribution in [-0.2, 0) is 9.59 Å². The maximum absolute atomic E-state index is 14.8. The van der Waals surface area contributed by atoms with Crippen LogP contribution in [0, 0.1) is 5.82 Å². The monoisotopic (exact) mass is 498 g/mol. The van der Waals surface area contributed by atoms with Gasteiger partial charge in [-0.3, -0.25) is 0 Å². The number of allylic oxidation sites excluding steroid dienone is 1. The fourth-order valence-corrected chi connectivity index (χ4v) is 3.09. The molecule has 0 saturated carbocycles. The van der Waals surface area contributed by atoms with Crippen molar-refractivity contribution in [1.29, 1.82) is 0 Å². The van der Waals surface area contributed by atoms with Gasteiger partial charge in [-0.1, -0.05) is 56.6 Å². The Morgan fingerprint density at radius 2 is 1.19 bits per heavy atom. The van der Waals surface area contributed by atoms with Crippen molar-refractivity contribution in [3.05, 3.63) is 115 Å². The summed E-state index contributed by atoms with van der Waals surface area (Å²) >= 11 is 0. The lowest BCUT2D eigenvalue weighted by Crippen LogP contribution is -2.09. The van der Waals surface area contributed by atoms with Crippen molar-refractivity contribution >= 4 is 11.9 Å². The van der Waals surface area contributed by atoms with E-state index in [0.717, 1.165) is 17.2 Å². The second-order valence-electron chi connectivity index (χ2n) is 8.53. The minimum Gasteiger partial charge on any atom is -0.454 e. The van der Waals surface area contributed by atoms with E-state index >= 15 is 0 Å². The minimum atomic E-state index is -0.620. The van der Waals surface area contributed by atoms with E-state index in [4.69, 9.17) is 14.2 Å². The molecule has 0 unspecified atom stereocenters. The van der Waals surface area contributed by atoms with Crippen LogP contribution in [0.2, 0.25) is 0 Å². The molecule has 6 heteroatoms. The Kier molecular flexibility index (Phi) is 8.25. The molecule has 3 aromatic rings. The summed E-state index contributed by atoms with van der Waals surface area (Å²) in [5.41, 5.74) is 3.61. The van der Waals surface area contributed by atoms with Gasteiger partial charge in [-0.15, -0.1) is 0 Å². The molecule has 0 aliphatic rings. The van der Waals surface area contributed by atoms with Gasteiger partial charge in [0.15, 0.2) is 11.5 Å². The van der Waals surface area contributed by atoms with Gasteiger partial charge in [-0.25, -0.2) is 14.0 Å². The molecule has 0 radical (unpaired) electrons. The fraction of sp³-hybridized carbons (Fsp3) is 0.0968. The number of hydrogen-bond donors (Lipinski definition) is 0. The van der Waals surface area contributed by atoms with Gasteiger partial charge in [-0.05, 0) is 67.3 Å². The van der Waals surface area contributed by atoms with Crippen molar-refractivity contribution in [2.75, 3.05) is 0 Å². The number of esters is 2. The SMILES string of the molecule is C=C(C)C(=C)Oc1ccc(-c2ccc(-c3ccc(OC(=O)C(=C)C)cc3F)cc2)cc1OC(=O)C(=C)C. The normalized spacial score (nSPS) is 10.3. The van der Waals surface area contributed by atoms with Crippen LogP contribution in [0.15, 0.2) is 109 Å². The first-order valence-electron chi connectivity index (χ1n) is 11.3. The number of halogens is 1. The van der Waals surface area contributed by atoms with E-state index in [2.05, 4.69) is 26.3 Å². The largest absolute Gasteiger partial charge is 0.454 e. The second kappa shape index (κ2) is 11.4. The van der Waals surface area contributed by atoms with E-state index in [1.807, 2.05) is 12.1 Å². The highest BCUT2D eigenvalue weighted by Crippen LogP contribution is 2.36. The van der Waals surface area contributed by atoms with E-state index < -0.39 is 17.8 Å². The lowest BCUT2D eigenvalue weighted by atomic mass is 9.99. The highest BCUT2D eigenvalue weighted by atomic mass is 19.1. The smallest absolute Gasteiger partial charge is 0.338 e. The topological polar surface area (TPSA) is 61.8 Å². The first kappa shape index (κ1) is 26.9. The number of carbonyl (C=O) groups is 2. The molecule has 0 saturated heterocycles. The Labute approximate surface area is 215 Å². The van der Waals surface area contributed by atoms with Crippen LogP contribution in [0.4, 0.5) is 4.39 Å². The Balaban J connectivity index is 1.90. The Bertz CT molecular complexity index is 1430. The van der Waals surface area contributed by atoms with Gasteiger partial charge < -0.3 is 14.2 Å². The first-order chi connectivity index (χ1) is 17.5. The summed E-state index contributed by atoms with van der Waals surface area (Å²) in [6.45, 7) is 19.6. The predicted molar refractivity (Wildman–Crippen MR) is 143 cm³/mol. The predicted octanol–water partition coefficient (Wildman–Crippen LogP) is 7.59. The highest BCUT2D eigenvalue weighted by Gasteiger charge is 2.15. The molecule has 0 aromatic heterocycles. The Hall–Kier alpha value is -4.71. The Morgan fingerprint density at radius 1 is 0.622 bits per heavy atom. The Morgan fingerprint density at radius 3 is 1.76 bits per heavy atom. The summed E-state index contributed by atoms with van der Waals surface area (Å²) < 4.78 is 31.1. The molecule has 3 aromatic carbocycles. The molecule has 0 atom stereocenters. The number of benzene rings is 3. The van der Waals surface area contributed by atoms with Gasteiger partial charge >= 0.3 is 11.9 Å². The van der Waals surface area contributed by atoms with Crippen molar-refractivity contribution in [2.24, 2.45) is 0 Å². The quantitative estimate of drug-likeness (QED) is 0.1000. The molecule has 37 heavy (non-hydrogen) atoms. The molecule has 188 valence electrons. The molecule has 0 bridgehead atoms. The number of carbonyl (C=O) groups excluding carboxylic acids is 2. The van der Waals surface area contributed by atoms with Gasteiger partial charge in [-0.2, -0.15) is 0 Å². The molecule has 0 aliphatic carbocycles. The van der Waals surface area contributed by atoms with E-state index in [-0.39, 0.29) is 22.6 Å². The maximum Gasteiger partial charge on any atom is 0.338 e. The van der Waals surface area contributed by atoms with E-state index in [9.17, 15) is 14.0 Å². The number of rotatable bonds is 9. The molecule has 0 N–H and O–H groups in total. The zero-order chi connectivity index (χ0) is 27.3. The number of ether oxygens (including phenoxy) is 3. The lowest BCUT2D eigenvalue weighted by molar-refractivity contribution is -0.131. The summed E-state index contributed by atoms with van der Waals surface area (Å²) in [5, 5.41) is 0. The van der Waals surface area contributed by atoms with Crippen LogP contribution in [0.5, 0.6) is 17.2 Å². The molecular formula is C31H27FO5. The van der Waals surface area contributed by atoms with Gasteiger partial charge in [0.2, 0.25) is 0 Å². The molecule has 0 fully saturated rings. The van der Waals surface area contributed by atoms with Crippen LogP contribution in [0.25, 0.3) is 22.3 Å². The third-order valence-electron chi connectivity index (χ3n) is 5.23. The van der Waals surface area contributed by atoms with Gasteiger partial charge in [0.1, 0.15) is 17.3 Å². The summed E-state index contributed by atoms with van der Waals surface area (Å²) in [7, 11) is 0. The molecule has 0 aliphatic heterocycles. The zero-order valence-corrected chi connectivity index (χ0v) is 21.0. The molecule has 0 heterocycles. The van der Waals surface area contributed by atoms with E-state index in [1.54, 1.807) is 50.2 Å². The molecule has 5 nitrogen and oxygen atoms in total. The van der Waals surface area contributed by atoms with Crippen LogP contribution < -0.4 is 14.2 Å². The van der Waals surface area contributed by atoms with Gasteiger partial charge in [0.25, 0.3) is 0 Å². The lowest BCUT2D eigenvalue weighted by Gasteiger charge is -2.15. The average molecular weight is 499 g/mol. The highest BCUT2D eigenvalue weighted by molar-refractivity contribution is 5.90. The van der Waals surface area contributed by atoms with E-state index in [0.29, 0.717) is 28.2 Å². The standard InChI is InChI=1S/C31H27FO5/c1-18(2)21(7)35-28-15-12-24(16-29(28)37-31(34)20(5)6)22-8-10-23(11-9-22)26-14-13-25(17-27(26)32)36-30(33)19(3)4/h8-17H,1,3,5,7H2,2,4,6H3. The summed E-state index contributed by atoms with van der Waals surface area (Å²) in [6.07, 6.45) is 0. The van der Waals surface area contributed by atoms with Crippen molar-refractivity contribution in [1.82, 2.24) is 0 Å². The maximum atomic E-state index is 14.8. The summed E-state index contributed by atoms with van der Waals surface area (Å²) in [5.74, 6) is -0.809. The van der Waals surface area contributed by atoms with Crippen molar-refractivity contribution < 1.29 is 28.2 Å². The third kappa shape index (κ3) is 6.70. The van der Waals surface area contributed by atoms with E-state index in [1.165, 1.54) is 13.0 Å². The van der Waals surface area contributed by atoms with Gasteiger partial charge in [0, 0.05) is 22.8 Å². The molecule has 0 amide bonds. The first-order valence-corrected chi connectivity index (χ1v) is 11.3. The summed E-state index contributed by atoms with van der Waals surface area (Å²) in [6, 6.07) is 16.5. The molecule has 3 rings (SSSR count). The van der Waals surface area contributed by atoms with Crippen LogP contribution >= 0.6 is 0 Å². The fourth-order valence-electron chi connectivity index (χ4n) is 3.09. The van der Waals surface area contributed by atoms with Crippen molar-refractivity contribution in [3.63, 3.8) is 0 Å². The third-order valence-corrected chi connectivity index (χ3v) is 5.23. The zero-order valence-electron chi connectivity index (χ0n) is 21.0. The van der Waals surface area contributed by atoms with Crippen LogP contribution in [0.1, 0.15) is 20.8 Å². The van der Waals surface area contributed by atoms with Crippen LogP contribution in [0.3, 0.4) is 0 Å². The number of hydrogen-bond acceptors (Lipinski definition) is 5. The van der Waals surface area contributed by atoms with Gasteiger partial charge in [0.05, 0.1) is 0 Å².